The number of halogens is 1. The summed E-state index contributed by atoms with van der Waals surface area (Å²) >= 11 is 3.31. The molecule has 16 heavy (non-hydrogen) atoms. The van der Waals surface area contributed by atoms with Crippen molar-refractivity contribution in [1.82, 2.24) is 9.88 Å². The predicted molar refractivity (Wildman–Crippen MR) is 66.2 cm³/mol. The van der Waals surface area contributed by atoms with Crippen LogP contribution in [0.15, 0.2) is 34.6 Å². The highest BCUT2D eigenvalue weighted by molar-refractivity contribution is 9.10. The number of nitrogens with zero attached hydrogens (tertiary/aromatic N) is 2. The molecule has 2 heterocycles. The molecule has 2 rings (SSSR count). The van der Waals surface area contributed by atoms with Crippen molar-refractivity contribution in [3.8, 4) is 0 Å². The Morgan fingerprint density at radius 1 is 1.56 bits per heavy atom. The van der Waals surface area contributed by atoms with E-state index in [0.29, 0.717) is 10.2 Å². The van der Waals surface area contributed by atoms with Crippen molar-refractivity contribution in [3.63, 3.8) is 0 Å². The zero-order chi connectivity index (χ0) is 11.5. The van der Waals surface area contributed by atoms with Gasteiger partial charge in [-0.3, -0.25) is 4.79 Å². The van der Waals surface area contributed by atoms with Gasteiger partial charge in [-0.15, -0.1) is 0 Å². The van der Waals surface area contributed by atoms with Crippen molar-refractivity contribution in [3.05, 3.63) is 40.1 Å². The fourth-order valence-electron chi connectivity index (χ4n) is 1.80. The van der Waals surface area contributed by atoms with Gasteiger partial charge in [-0.05, 0) is 41.4 Å². The van der Waals surface area contributed by atoms with Crippen LogP contribution < -0.4 is 0 Å². The maximum Gasteiger partial charge on any atom is 0.256 e. The van der Waals surface area contributed by atoms with E-state index in [1.807, 2.05) is 4.90 Å². The van der Waals surface area contributed by atoms with Crippen LogP contribution in [0.2, 0.25) is 0 Å². The van der Waals surface area contributed by atoms with Gasteiger partial charge in [-0.25, -0.2) is 4.98 Å². The van der Waals surface area contributed by atoms with Crippen molar-refractivity contribution in [1.29, 1.82) is 0 Å². The van der Waals surface area contributed by atoms with Crippen molar-refractivity contribution < 1.29 is 4.79 Å². The second kappa shape index (κ2) is 4.78. The summed E-state index contributed by atoms with van der Waals surface area (Å²) in [5.74, 6) is 0.0485. The summed E-state index contributed by atoms with van der Waals surface area (Å²) in [6.07, 6.45) is 4.79. The summed E-state index contributed by atoms with van der Waals surface area (Å²) < 4.78 is 0.618. The number of pyridine rings is 1. The Morgan fingerprint density at radius 2 is 2.38 bits per heavy atom. The highest BCUT2D eigenvalue weighted by Gasteiger charge is 2.20. The van der Waals surface area contributed by atoms with E-state index in [1.165, 1.54) is 5.57 Å². The van der Waals surface area contributed by atoms with Crippen LogP contribution in [0.4, 0.5) is 0 Å². The Balaban J connectivity index is 2.20. The molecule has 0 aromatic carbocycles. The van der Waals surface area contributed by atoms with Crippen LogP contribution in [0.1, 0.15) is 23.7 Å². The molecule has 1 aliphatic rings. The highest BCUT2D eigenvalue weighted by Crippen LogP contribution is 2.18. The lowest BCUT2D eigenvalue weighted by Gasteiger charge is -2.26. The lowest BCUT2D eigenvalue weighted by Crippen LogP contribution is -2.35. The molecule has 1 aliphatic heterocycles. The highest BCUT2D eigenvalue weighted by atomic mass is 79.9. The first-order chi connectivity index (χ1) is 7.68. The van der Waals surface area contributed by atoms with Crippen LogP contribution >= 0.6 is 15.9 Å². The minimum Gasteiger partial charge on any atom is -0.334 e. The largest absolute Gasteiger partial charge is 0.334 e. The van der Waals surface area contributed by atoms with Crippen molar-refractivity contribution in [2.75, 3.05) is 13.1 Å². The molecule has 0 N–H and O–H groups in total. The van der Waals surface area contributed by atoms with Gasteiger partial charge in [-0.1, -0.05) is 11.6 Å². The average Bonchev–Trinajstić information content (AvgIpc) is 2.29. The molecule has 3 nitrogen and oxygen atoms in total. The van der Waals surface area contributed by atoms with Crippen molar-refractivity contribution >= 4 is 21.8 Å². The maximum absolute atomic E-state index is 12.2. The van der Waals surface area contributed by atoms with E-state index < -0.39 is 0 Å². The number of carbonyl (C=O) groups excluding carboxylic acids is 1. The number of hydrogen-bond donors (Lipinski definition) is 0. The summed E-state index contributed by atoms with van der Waals surface area (Å²) in [4.78, 5) is 18.1. The van der Waals surface area contributed by atoms with Gasteiger partial charge in [0.1, 0.15) is 4.60 Å². The number of hydrogen-bond acceptors (Lipinski definition) is 2. The molecule has 0 atom stereocenters. The molecular formula is C12H13BrN2O. The summed E-state index contributed by atoms with van der Waals surface area (Å²) in [6, 6.07) is 3.58. The minimum atomic E-state index is 0.0485. The first-order valence-electron chi connectivity index (χ1n) is 5.24. The smallest absolute Gasteiger partial charge is 0.256 e. The van der Waals surface area contributed by atoms with Crippen molar-refractivity contribution in [2.45, 2.75) is 13.3 Å². The third kappa shape index (κ3) is 2.32. The second-order valence-corrected chi connectivity index (χ2v) is 4.66. The van der Waals surface area contributed by atoms with Crippen LogP contribution in [0.5, 0.6) is 0 Å². The number of amides is 1. The van der Waals surface area contributed by atoms with Gasteiger partial charge in [0, 0.05) is 19.3 Å². The SMILES string of the molecule is CC1=CCCN(C(=O)c2cccnc2Br)C1. The van der Waals surface area contributed by atoms with E-state index in [9.17, 15) is 4.79 Å². The summed E-state index contributed by atoms with van der Waals surface area (Å²) in [6.45, 7) is 3.56. The molecule has 0 radical (unpaired) electrons. The molecule has 0 spiro atoms. The van der Waals surface area contributed by atoms with E-state index in [0.717, 1.165) is 19.5 Å². The quantitative estimate of drug-likeness (QED) is 0.585. The molecule has 1 amide bonds. The predicted octanol–water partition coefficient (Wildman–Crippen LogP) is 2.64. The first kappa shape index (κ1) is 11.3. The van der Waals surface area contributed by atoms with Crippen LogP contribution in [0.3, 0.4) is 0 Å². The Kier molecular flexibility index (Phi) is 3.39. The second-order valence-electron chi connectivity index (χ2n) is 3.91. The summed E-state index contributed by atoms with van der Waals surface area (Å²) in [7, 11) is 0. The molecule has 0 saturated heterocycles. The average molecular weight is 281 g/mol. The van der Waals surface area contributed by atoms with Gasteiger partial charge >= 0.3 is 0 Å². The van der Waals surface area contributed by atoms with Gasteiger partial charge in [0.15, 0.2) is 0 Å². The monoisotopic (exact) mass is 280 g/mol. The molecule has 1 aromatic heterocycles. The zero-order valence-corrected chi connectivity index (χ0v) is 10.7. The molecule has 0 unspecified atom stereocenters. The minimum absolute atomic E-state index is 0.0485. The molecule has 0 saturated carbocycles. The van der Waals surface area contributed by atoms with Crippen LogP contribution in [0.25, 0.3) is 0 Å². The summed E-state index contributed by atoms with van der Waals surface area (Å²) in [5, 5.41) is 0. The van der Waals surface area contributed by atoms with Crippen molar-refractivity contribution in [2.24, 2.45) is 0 Å². The van der Waals surface area contributed by atoms with Gasteiger partial charge in [0.25, 0.3) is 5.91 Å². The van der Waals surface area contributed by atoms with E-state index in [-0.39, 0.29) is 5.91 Å². The Labute approximate surface area is 103 Å². The van der Waals surface area contributed by atoms with E-state index in [1.54, 1.807) is 18.3 Å². The third-order valence-electron chi connectivity index (χ3n) is 2.61. The van der Waals surface area contributed by atoms with E-state index >= 15 is 0 Å². The lowest BCUT2D eigenvalue weighted by molar-refractivity contribution is 0.0764. The normalized spacial score (nSPS) is 15.9. The van der Waals surface area contributed by atoms with Gasteiger partial charge in [0.05, 0.1) is 5.56 Å². The number of carbonyl (C=O) groups is 1. The summed E-state index contributed by atoms with van der Waals surface area (Å²) in [5.41, 5.74) is 1.89. The Hall–Kier alpha value is -1.16. The molecular weight excluding hydrogens is 268 g/mol. The van der Waals surface area contributed by atoms with E-state index in [4.69, 9.17) is 0 Å². The van der Waals surface area contributed by atoms with Gasteiger partial charge in [-0.2, -0.15) is 0 Å². The standard InChI is InChI=1S/C12H13BrN2O/c1-9-4-3-7-15(8-9)12(16)10-5-2-6-14-11(10)13/h2,4-6H,3,7-8H2,1H3. The first-order valence-corrected chi connectivity index (χ1v) is 6.03. The molecule has 0 bridgehead atoms. The fraction of sp³-hybridized carbons (Fsp3) is 0.333. The molecule has 0 aliphatic carbocycles. The molecule has 0 fully saturated rings. The molecule has 84 valence electrons. The number of rotatable bonds is 1. The van der Waals surface area contributed by atoms with Crippen LogP contribution in [-0.4, -0.2) is 28.9 Å². The zero-order valence-electron chi connectivity index (χ0n) is 9.11. The maximum atomic E-state index is 12.2. The van der Waals surface area contributed by atoms with E-state index in [2.05, 4.69) is 33.9 Å². The molecule has 1 aromatic rings. The number of aromatic nitrogens is 1. The van der Waals surface area contributed by atoms with Gasteiger partial charge in [0.2, 0.25) is 0 Å². The fourth-order valence-corrected chi connectivity index (χ4v) is 2.22. The Bertz CT molecular complexity index is 442. The van der Waals surface area contributed by atoms with Crippen LogP contribution in [-0.2, 0) is 0 Å². The lowest BCUT2D eigenvalue weighted by atomic mass is 10.1. The van der Waals surface area contributed by atoms with Crippen LogP contribution in [0, 0.1) is 0 Å². The topological polar surface area (TPSA) is 33.2 Å². The Morgan fingerprint density at radius 3 is 3.06 bits per heavy atom. The molecule has 4 heteroatoms. The third-order valence-corrected chi connectivity index (χ3v) is 3.24. The van der Waals surface area contributed by atoms with Gasteiger partial charge < -0.3 is 4.90 Å².